The van der Waals surface area contributed by atoms with Crippen LogP contribution in [0.15, 0.2) is 0 Å². The fourth-order valence-electron chi connectivity index (χ4n) is 2.11. The second kappa shape index (κ2) is 2.94. The van der Waals surface area contributed by atoms with E-state index in [1.807, 2.05) is 13.8 Å². The predicted molar refractivity (Wildman–Crippen MR) is 52.3 cm³/mol. The zero-order chi connectivity index (χ0) is 10.4. The molecule has 0 radical (unpaired) electrons. The van der Waals surface area contributed by atoms with Gasteiger partial charge in [0, 0.05) is 11.1 Å². The number of hydrogen-bond acceptors (Lipinski definition) is 3. The van der Waals surface area contributed by atoms with Gasteiger partial charge in [0.1, 0.15) is 0 Å². The molecule has 1 saturated heterocycles. The van der Waals surface area contributed by atoms with Gasteiger partial charge in [-0.1, -0.05) is 0 Å². The molecule has 0 bridgehead atoms. The second-order valence-corrected chi connectivity index (χ2v) is 5.19. The Balaban J connectivity index is 3.00. The molecule has 0 aromatic heterocycles. The Morgan fingerprint density at radius 1 is 1.46 bits per heavy atom. The summed E-state index contributed by atoms with van der Waals surface area (Å²) >= 11 is 5.46. The molecule has 4 heteroatoms. The standard InChI is InChI=1S/C9H15ClNO2/c1-8(2)5-6(7(10)12)9(3,4)11(8)13/h6H,5H2,1-4H3/q-1. The van der Waals surface area contributed by atoms with Crippen LogP contribution in [0.4, 0.5) is 0 Å². The van der Waals surface area contributed by atoms with Crippen molar-refractivity contribution in [1.82, 2.24) is 5.06 Å². The van der Waals surface area contributed by atoms with Gasteiger partial charge in [0.25, 0.3) is 0 Å². The van der Waals surface area contributed by atoms with Crippen LogP contribution in [0.2, 0.25) is 0 Å². The number of hydroxylamine groups is 2. The van der Waals surface area contributed by atoms with Crippen molar-refractivity contribution in [3.05, 3.63) is 5.21 Å². The Morgan fingerprint density at radius 3 is 2.08 bits per heavy atom. The van der Waals surface area contributed by atoms with Crippen molar-refractivity contribution in [1.29, 1.82) is 0 Å². The number of rotatable bonds is 1. The lowest BCUT2D eigenvalue weighted by Gasteiger charge is -2.47. The lowest BCUT2D eigenvalue weighted by Crippen LogP contribution is -2.46. The molecule has 3 nitrogen and oxygen atoms in total. The first-order chi connectivity index (χ1) is 5.69. The van der Waals surface area contributed by atoms with Crippen LogP contribution in [0.25, 0.3) is 0 Å². The first kappa shape index (κ1) is 11.0. The molecule has 0 aliphatic carbocycles. The zero-order valence-electron chi connectivity index (χ0n) is 8.43. The molecule has 13 heavy (non-hydrogen) atoms. The van der Waals surface area contributed by atoms with E-state index in [1.165, 1.54) is 0 Å². The highest BCUT2D eigenvalue weighted by Crippen LogP contribution is 2.44. The molecule has 0 spiro atoms. The van der Waals surface area contributed by atoms with Crippen molar-refractivity contribution in [2.24, 2.45) is 5.92 Å². The number of carbonyl (C=O) groups is 1. The van der Waals surface area contributed by atoms with E-state index < -0.39 is 16.3 Å². The van der Waals surface area contributed by atoms with Crippen LogP contribution in [-0.2, 0) is 4.79 Å². The maximum absolute atomic E-state index is 11.8. The summed E-state index contributed by atoms with van der Waals surface area (Å²) in [6.07, 6.45) is 0.534. The monoisotopic (exact) mass is 204 g/mol. The summed E-state index contributed by atoms with van der Waals surface area (Å²) in [4.78, 5) is 11.1. The maximum atomic E-state index is 11.8. The van der Waals surface area contributed by atoms with Crippen LogP contribution in [0.3, 0.4) is 0 Å². The Bertz CT molecular complexity index is 238. The summed E-state index contributed by atoms with van der Waals surface area (Å²) < 4.78 is 0. The first-order valence-corrected chi connectivity index (χ1v) is 4.74. The van der Waals surface area contributed by atoms with Gasteiger partial charge >= 0.3 is 0 Å². The molecule has 0 N–H and O–H groups in total. The number of hydrogen-bond donors (Lipinski definition) is 0. The molecular weight excluding hydrogens is 190 g/mol. The van der Waals surface area contributed by atoms with Gasteiger partial charge in [-0.2, -0.15) is 0 Å². The van der Waals surface area contributed by atoms with E-state index in [-0.39, 0.29) is 5.92 Å². The van der Waals surface area contributed by atoms with Gasteiger partial charge in [0.2, 0.25) is 5.24 Å². The van der Waals surface area contributed by atoms with Gasteiger partial charge in [-0.25, -0.2) is 0 Å². The highest BCUT2D eigenvalue weighted by Gasteiger charge is 2.49. The average Bonchev–Trinajstić information content (AvgIpc) is 2.11. The number of nitrogens with zero attached hydrogens (tertiary/aromatic N) is 1. The Kier molecular flexibility index (Phi) is 2.48. The Hall–Kier alpha value is -0.120. The summed E-state index contributed by atoms with van der Waals surface area (Å²) in [6.45, 7) is 7.20. The van der Waals surface area contributed by atoms with Gasteiger partial charge in [-0.3, -0.25) is 4.79 Å². The second-order valence-electron chi connectivity index (χ2n) is 4.82. The normalized spacial score (nSPS) is 32.0. The summed E-state index contributed by atoms with van der Waals surface area (Å²) in [5, 5.41) is 12.4. The SMILES string of the molecule is CC1(C)CC(C(=O)Cl)C(C)(C)N1[O-]. The highest BCUT2D eigenvalue weighted by molar-refractivity contribution is 6.64. The molecule has 0 amide bonds. The highest BCUT2D eigenvalue weighted by atomic mass is 35.5. The van der Waals surface area contributed by atoms with Crippen LogP contribution in [0, 0.1) is 11.1 Å². The van der Waals surface area contributed by atoms with Crippen molar-refractivity contribution in [2.75, 3.05) is 0 Å². The van der Waals surface area contributed by atoms with Gasteiger partial charge in [-0.15, -0.1) is 0 Å². The van der Waals surface area contributed by atoms with E-state index in [1.54, 1.807) is 13.8 Å². The smallest absolute Gasteiger partial charge is 0.226 e. The summed E-state index contributed by atoms with van der Waals surface area (Å²) in [5.41, 5.74) is -1.17. The third-order valence-corrected chi connectivity index (χ3v) is 3.17. The largest absolute Gasteiger partial charge is 0.784 e. The molecule has 1 rings (SSSR count). The quantitative estimate of drug-likeness (QED) is 0.615. The van der Waals surface area contributed by atoms with E-state index in [0.717, 1.165) is 5.06 Å². The van der Waals surface area contributed by atoms with Crippen LogP contribution < -0.4 is 0 Å². The molecule has 0 saturated carbocycles. The van der Waals surface area contributed by atoms with Crippen molar-refractivity contribution in [3.63, 3.8) is 0 Å². The minimum atomic E-state index is -0.678. The van der Waals surface area contributed by atoms with E-state index in [2.05, 4.69) is 0 Å². The molecule has 1 unspecified atom stereocenters. The Morgan fingerprint density at radius 2 is 1.92 bits per heavy atom. The average molecular weight is 205 g/mol. The summed E-state index contributed by atoms with van der Waals surface area (Å²) in [5.74, 6) is -0.360. The van der Waals surface area contributed by atoms with Gasteiger partial charge in [0.15, 0.2) is 0 Å². The molecule has 1 atom stereocenters. The Labute approximate surface area is 83.6 Å². The van der Waals surface area contributed by atoms with Crippen LogP contribution in [0.5, 0.6) is 0 Å². The lowest BCUT2D eigenvalue weighted by atomic mass is 9.88. The molecule has 76 valence electrons. The van der Waals surface area contributed by atoms with Crippen LogP contribution in [0.1, 0.15) is 34.1 Å². The van der Waals surface area contributed by atoms with E-state index in [4.69, 9.17) is 11.6 Å². The van der Waals surface area contributed by atoms with Crippen LogP contribution >= 0.6 is 11.6 Å². The van der Waals surface area contributed by atoms with Gasteiger partial charge in [0.05, 0.1) is 5.92 Å². The van der Waals surface area contributed by atoms with E-state index in [0.29, 0.717) is 6.42 Å². The van der Waals surface area contributed by atoms with Crippen LogP contribution in [-0.4, -0.2) is 21.4 Å². The minimum absolute atomic E-state index is 0.360. The first-order valence-electron chi connectivity index (χ1n) is 4.36. The molecule has 1 aliphatic rings. The van der Waals surface area contributed by atoms with Gasteiger partial charge < -0.3 is 10.3 Å². The van der Waals surface area contributed by atoms with Crippen molar-refractivity contribution < 1.29 is 4.79 Å². The molecule has 1 heterocycles. The molecular formula is C9H15ClNO2-. The summed E-state index contributed by atoms with van der Waals surface area (Å²) in [6, 6.07) is 0. The molecule has 0 aromatic rings. The third kappa shape index (κ3) is 1.60. The number of carbonyl (C=O) groups excluding carboxylic acids is 1. The third-order valence-electron chi connectivity index (χ3n) is 2.90. The minimum Gasteiger partial charge on any atom is -0.784 e. The van der Waals surface area contributed by atoms with Crippen molar-refractivity contribution >= 4 is 16.8 Å². The lowest BCUT2D eigenvalue weighted by molar-refractivity contribution is -0.116. The number of halogens is 1. The fraction of sp³-hybridized carbons (Fsp3) is 0.889. The fourth-order valence-corrected chi connectivity index (χ4v) is 2.46. The molecule has 1 fully saturated rings. The topological polar surface area (TPSA) is 43.4 Å². The van der Waals surface area contributed by atoms with E-state index >= 15 is 0 Å². The summed E-state index contributed by atoms with van der Waals surface area (Å²) in [7, 11) is 0. The molecule has 1 aliphatic heterocycles. The van der Waals surface area contributed by atoms with Gasteiger partial charge in [-0.05, 0) is 45.7 Å². The maximum Gasteiger partial charge on any atom is 0.226 e. The predicted octanol–water partition coefficient (Wildman–Crippen LogP) is 2.13. The van der Waals surface area contributed by atoms with Crippen molar-refractivity contribution in [2.45, 2.75) is 45.2 Å². The zero-order valence-corrected chi connectivity index (χ0v) is 9.18. The van der Waals surface area contributed by atoms with E-state index in [9.17, 15) is 10.0 Å². The molecule has 0 aromatic carbocycles. The van der Waals surface area contributed by atoms with Crippen molar-refractivity contribution in [3.8, 4) is 0 Å².